The maximum Gasteiger partial charge on any atom is 0.274 e. The number of nitrogens with one attached hydrogen (secondary N) is 2. The minimum absolute atomic E-state index is 0.0852. The molecule has 1 saturated heterocycles. The fraction of sp³-hybridized carbons (Fsp3) is 0.312. The SMILES string of the molecule is Cc1ccc(NC(=O)c2cc(NC3CCS(=O)(=O)C3)ncn2)cc1. The van der Waals surface area contributed by atoms with Crippen LogP contribution < -0.4 is 10.6 Å². The molecule has 2 heterocycles. The van der Waals surface area contributed by atoms with Crippen LogP contribution in [-0.2, 0) is 9.84 Å². The Bertz CT molecular complexity index is 850. The van der Waals surface area contributed by atoms with Crippen LogP contribution in [0.5, 0.6) is 0 Å². The Kier molecular flexibility index (Phi) is 4.48. The minimum atomic E-state index is -2.97. The van der Waals surface area contributed by atoms with Gasteiger partial charge in [-0.15, -0.1) is 0 Å². The number of aryl methyl sites for hydroxylation is 1. The van der Waals surface area contributed by atoms with Crippen LogP contribution in [0.25, 0.3) is 0 Å². The molecule has 2 aromatic rings. The fourth-order valence-electron chi connectivity index (χ4n) is 2.51. The van der Waals surface area contributed by atoms with Gasteiger partial charge in [0, 0.05) is 17.8 Å². The first-order valence-electron chi connectivity index (χ1n) is 7.58. The van der Waals surface area contributed by atoms with Crippen molar-refractivity contribution in [2.75, 3.05) is 22.1 Å². The highest BCUT2D eigenvalue weighted by molar-refractivity contribution is 7.91. The van der Waals surface area contributed by atoms with Gasteiger partial charge in [-0.2, -0.15) is 0 Å². The second kappa shape index (κ2) is 6.56. The van der Waals surface area contributed by atoms with Gasteiger partial charge in [-0.05, 0) is 25.5 Å². The molecule has 0 radical (unpaired) electrons. The highest BCUT2D eigenvalue weighted by Gasteiger charge is 2.28. The minimum Gasteiger partial charge on any atom is -0.366 e. The van der Waals surface area contributed by atoms with Crippen molar-refractivity contribution in [3.8, 4) is 0 Å². The molecule has 1 aromatic heterocycles. The van der Waals surface area contributed by atoms with Crippen molar-refractivity contribution < 1.29 is 13.2 Å². The summed E-state index contributed by atoms with van der Waals surface area (Å²) in [6.07, 6.45) is 1.83. The van der Waals surface area contributed by atoms with Gasteiger partial charge in [0.1, 0.15) is 17.8 Å². The van der Waals surface area contributed by atoms with Crippen molar-refractivity contribution in [1.82, 2.24) is 9.97 Å². The van der Waals surface area contributed by atoms with Crippen molar-refractivity contribution in [2.24, 2.45) is 0 Å². The van der Waals surface area contributed by atoms with Crippen molar-refractivity contribution >= 4 is 27.2 Å². The molecule has 0 aliphatic carbocycles. The van der Waals surface area contributed by atoms with Gasteiger partial charge in [0.05, 0.1) is 11.5 Å². The Morgan fingerprint density at radius 1 is 1.21 bits per heavy atom. The molecule has 126 valence electrons. The third kappa shape index (κ3) is 4.08. The lowest BCUT2D eigenvalue weighted by Crippen LogP contribution is -2.22. The van der Waals surface area contributed by atoms with E-state index < -0.39 is 9.84 Å². The molecule has 1 atom stereocenters. The second-order valence-electron chi connectivity index (χ2n) is 5.85. The van der Waals surface area contributed by atoms with Gasteiger partial charge in [0.25, 0.3) is 5.91 Å². The van der Waals surface area contributed by atoms with E-state index in [2.05, 4.69) is 20.6 Å². The van der Waals surface area contributed by atoms with E-state index in [0.29, 0.717) is 17.9 Å². The number of sulfone groups is 1. The number of nitrogens with zero attached hydrogens (tertiary/aromatic N) is 2. The number of hydrogen-bond donors (Lipinski definition) is 2. The monoisotopic (exact) mass is 346 g/mol. The molecule has 24 heavy (non-hydrogen) atoms. The highest BCUT2D eigenvalue weighted by atomic mass is 32.2. The van der Waals surface area contributed by atoms with Crippen molar-refractivity contribution in [2.45, 2.75) is 19.4 Å². The molecule has 1 aliphatic heterocycles. The number of hydrogen-bond acceptors (Lipinski definition) is 6. The zero-order valence-corrected chi connectivity index (χ0v) is 14.0. The van der Waals surface area contributed by atoms with E-state index in [1.165, 1.54) is 12.4 Å². The Morgan fingerprint density at radius 2 is 1.96 bits per heavy atom. The van der Waals surface area contributed by atoms with Gasteiger partial charge >= 0.3 is 0 Å². The first-order valence-corrected chi connectivity index (χ1v) is 9.40. The van der Waals surface area contributed by atoms with Gasteiger partial charge in [0.2, 0.25) is 0 Å². The summed E-state index contributed by atoms with van der Waals surface area (Å²) in [5.74, 6) is 0.364. The standard InChI is InChI=1S/C16H18N4O3S/c1-11-2-4-12(5-3-11)20-16(21)14-8-15(18-10-17-14)19-13-6-7-24(22,23)9-13/h2-5,8,10,13H,6-7,9H2,1H3,(H,20,21)(H,17,18,19). The predicted octanol–water partition coefficient (Wildman–Crippen LogP) is 1.64. The molecule has 1 fully saturated rings. The van der Waals surface area contributed by atoms with E-state index in [4.69, 9.17) is 0 Å². The Labute approximate surface area is 140 Å². The summed E-state index contributed by atoms with van der Waals surface area (Å²) in [7, 11) is -2.97. The van der Waals surface area contributed by atoms with Crippen LogP contribution in [-0.4, -0.2) is 41.8 Å². The fourth-order valence-corrected chi connectivity index (χ4v) is 4.18. The zero-order valence-electron chi connectivity index (χ0n) is 13.2. The maximum atomic E-state index is 12.3. The zero-order chi connectivity index (χ0) is 17.2. The molecule has 2 N–H and O–H groups in total. The summed E-state index contributed by atoms with van der Waals surface area (Å²) in [5, 5.41) is 5.82. The number of carbonyl (C=O) groups is 1. The summed E-state index contributed by atoms with van der Waals surface area (Å²) >= 11 is 0. The van der Waals surface area contributed by atoms with E-state index in [-0.39, 0.29) is 29.1 Å². The summed E-state index contributed by atoms with van der Waals surface area (Å²) < 4.78 is 23.0. The number of carbonyl (C=O) groups excluding carboxylic acids is 1. The molecule has 1 unspecified atom stereocenters. The van der Waals surface area contributed by atoms with E-state index in [0.717, 1.165) is 5.56 Å². The van der Waals surface area contributed by atoms with E-state index in [1.807, 2.05) is 31.2 Å². The van der Waals surface area contributed by atoms with Crippen molar-refractivity contribution in [3.05, 3.63) is 47.9 Å². The predicted molar refractivity (Wildman–Crippen MR) is 91.8 cm³/mol. The quantitative estimate of drug-likeness (QED) is 0.873. The Balaban J connectivity index is 1.68. The van der Waals surface area contributed by atoms with Crippen LogP contribution in [0, 0.1) is 6.92 Å². The molecular weight excluding hydrogens is 328 g/mol. The van der Waals surface area contributed by atoms with Gasteiger partial charge in [0.15, 0.2) is 9.84 Å². The van der Waals surface area contributed by atoms with Crippen LogP contribution in [0.2, 0.25) is 0 Å². The maximum absolute atomic E-state index is 12.3. The number of aromatic nitrogens is 2. The van der Waals surface area contributed by atoms with Crippen LogP contribution in [0.1, 0.15) is 22.5 Å². The normalized spacial score (nSPS) is 19.0. The van der Waals surface area contributed by atoms with Crippen molar-refractivity contribution in [3.63, 3.8) is 0 Å². The molecule has 1 aliphatic rings. The van der Waals surface area contributed by atoms with Gasteiger partial charge < -0.3 is 10.6 Å². The number of benzene rings is 1. The van der Waals surface area contributed by atoms with Crippen LogP contribution in [0.3, 0.4) is 0 Å². The number of anilines is 2. The van der Waals surface area contributed by atoms with Gasteiger partial charge in [-0.3, -0.25) is 4.79 Å². The molecule has 1 aromatic carbocycles. The largest absolute Gasteiger partial charge is 0.366 e. The molecule has 3 rings (SSSR count). The molecule has 0 saturated carbocycles. The average Bonchev–Trinajstić information content (AvgIpc) is 2.88. The van der Waals surface area contributed by atoms with Crippen LogP contribution in [0.4, 0.5) is 11.5 Å². The summed E-state index contributed by atoms with van der Waals surface area (Å²) in [6, 6.07) is 8.78. The van der Waals surface area contributed by atoms with E-state index in [1.54, 1.807) is 0 Å². The summed E-state index contributed by atoms with van der Waals surface area (Å²) in [4.78, 5) is 20.3. The van der Waals surface area contributed by atoms with E-state index in [9.17, 15) is 13.2 Å². The average molecular weight is 346 g/mol. The lowest BCUT2D eigenvalue weighted by Gasteiger charge is -2.12. The van der Waals surface area contributed by atoms with E-state index >= 15 is 0 Å². The Morgan fingerprint density at radius 3 is 2.62 bits per heavy atom. The van der Waals surface area contributed by atoms with Crippen LogP contribution in [0.15, 0.2) is 36.7 Å². The van der Waals surface area contributed by atoms with Crippen molar-refractivity contribution in [1.29, 1.82) is 0 Å². The number of amides is 1. The smallest absolute Gasteiger partial charge is 0.274 e. The first-order chi connectivity index (χ1) is 11.4. The topological polar surface area (TPSA) is 101 Å². The molecular formula is C16H18N4O3S. The third-order valence-electron chi connectivity index (χ3n) is 3.79. The molecule has 1 amide bonds. The van der Waals surface area contributed by atoms with Gasteiger partial charge in [-0.25, -0.2) is 18.4 Å². The molecule has 8 heteroatoms. The first kappa shape index (κ1) is 16.4. The molecule has 0 spiro atoms. The summed E-state index contributed by atoms with van der Waals surface area (Å²) in [6.45, 7) is 1.97. The Hall–Kier alpha value is -2.48. The number of rotatable bonds is 4. The third-order valence-corrected chi connectivity index (χ3v) is 5.56. The van der Waals surface area contributed by atoms with Crippen LogP contribution >= 0.6 is 0 Å². The second-order valence-corrected chi connectivity index (χ2v) is 8.08. The lowest BCUT2D eigenvalue weighted by molar-refractivity contribution is 0.102. The lowest BCUT2D eigenvalue weighted by atomic mass is 10.2. The molecule has 0 bridgehead atoms. The summed E-state index contributed by atoms with van der Waals surface area (Å²) in [5.41, 5.74) is 2.00. The van der Waals surface area contributed by atoms with Gasteiger partial charge in [-0.1, -0.05) is 17.7 Å². The highest BCUT2D eigenvalue weighted by Crippen LogP contribution is 2.17. The molecule has 7 nitrogen and oxygen atoms in total.